The van der Waals surface area contributed by atoms with Crippen LogP contribution in [-0.4, -0.2) is 23.9 Å². The zero-order chi connectivity index (χ0) is 24.9. The monoisotopic (exact) mass is 487 g/mol. The molecule has 7 heteroatoms. The SMILES string of the molecule is COc1cccc(C2C(C(=O)c3cc4cc(Cl)ccc4o3)=C(O)C(=O)N2c2ccc(C)cc2C)c1. The lowest BCUT2D eigenvalue weighted by atomic mass is 9.94. The number of nitrogens with zero attached hydrogens (tertiary/aromatic N) is 1. The number of fused-ring (bicyclic) bond motifs is 1. The Morgan fingerprint density at radius 3 is 2.60 bits per heavy atom. The molecule has 176 valence electrons. The van der Waals surface area contributed by atoms with Crippen molar-refractivity contribution in [3.05, 3.63) is 106 Å². The van der Waals surface area contributed by atoms with Gasteiger partial charge in [0.1, 0.15) is 11.3 Å². The number of methoxy groups -OCH3 is 1. The number of carbonyl (C=O) groups is 2. The number of carbonyl (C=O) groups excluding carboxylic acids is 2. The van der Waals surface area contributed by atoms with Gasteiger partial charge in [-0.25, -0.2) is 0 Å². The van der Waals surface area contributed by atoms with Crippen molar-refractivity contribution >= 4 is 39.9 Å². The molecule has 4 aromatic rings. The van der Waals surface area contributed by atoms with Crippen LogP contribution in [-0.2, 0) is 4.79 Å². The van der Waals surface area contributed by atoms with Crippen LogP contribution in [0.25, 0.3) is 11.0 Å². The molecule has 6 nitrogen and oxygen atoms in total. The Kier molecular flexibility index (Phi) is 5.61. The molecule has 2 heterocycles. The number of Topliss-reactive ketones (excluding diaryl/α,β-unsaturated/α-hetero) is 1. The number of hydrogen-bond acceptors (Lipinski definition) is 5. The zero-order valence-corrected chi connectivity index (χ0v) is 20.1. The third kappa shape index (κ3) is 3.86. The molecule has 1 aliphatic heterocycles. The summed E-state index contributed by atoms with van der Waals surface area (Å²) in [6.07, 6.45) is 0. The highest BCUT2D eigenvalue weighted by Gasteiger charge is 2.45. The molecule has 0 spiro atoms. The lowest BCUT2D eigenvalue weighted by Crippen LogP contribution is -2.31. The first-order valence-corrected chi connectivity index (χ1v) is 11.4. The van der Waals surface area contributed by atoms with Gasteiger partial charge in [0.25, 0.3) is 5.91 Å². The van der Waals surface area contributed by atoms with Gasteiger partial charge in [-0.1, -0.05) is 41.4 Å². The summed E-state index contributed by atoms with van der Waals surface area (Å²) in [6.45, 7) is 3.85. The molecule has 35 heavy (non-hydrogen) atoms. The quantitative estimate of drug-likeness (QED) is 0.325. The van der Waals surface area contributed by atoms with Gasteiger partial charge in [0.2, 0.25) is 5.78 Å². The Bertz CT molecular complexity index is 1530. The molecule has 0 bridgehead atoms. The van der Waals surface area contributed by atoms with Crippen LogP contribution in [0.3, 0.4) is 0 Å². The van der Waals surface area contributed by atoms with Crippen molar-refractivity contribution in [1.82, 2.24) is 0 Å². The number of hydrogen-bond donors (Lipinski definition) is 1. The van der Waals surface area contributed by atoms with Crippen molar-refractivity contribution in [2.75, 3.05) is 12.0 Å². The number of halogens is 1. The van der Waals surface area contributed by atoms with Gasteiger partial charge in [-0.05, 0) is 67.4 Å². The molecular weight excluding hydrogens is 466 g/mol. The number of aliphatic hydroxyl groups is 1. The number of aliphatic hydroxyl groups excluding tert-OH is 1. The highest BCUT2D eigenvalue weighted by molar-refractivity contribution is 6.31. The Morgan fingerprint density at radius 2 is 1.86 bits per heavy atom. The molecule has 1 unspecified atom stereocenters. The van der Waals surface area contributed by atoms with Crippen LogP contribution in [0.1, 0.15) is 33.3 Å². The van der Waals surface area contributed by atoms with Gasteiger partial charge in [0.05, 0.1) is 18.7 Å². The highest BCUT2D eigenvalue weighted by Crippen LogP contribution is 2.44. The van der Waals surface area contributed by atoms with Crippen LogP contribution < -0.4 is 9.64 Å². The summed E-state index contributed by atoms with van der Waals surface area (Å²) in [5.41, 5.74) is 3.50. The number of ketones is 1. The van der Waals surface area contributed by atoms with E-state index in [1.807, 2.05) is 32.0 Å². The van der Waals surface area contributed by atoms with Crippen LogP contribution in [0.15, 0.2) is 82.5 Å². The average molecular weight is 488 g/mol. The number of ether oxygens (including phenoxy) is 1. The van der Waals surface area contributed by atoms with Crippen molar-refractivity contribution in [2.45, 2.75) is 19.9 Å². The predicted octanol–water partition coefficient (Wildman–Crippen LogP) is 6.49. The van der Waals surface area contributed by atoms with Crippen LogP contribution in [0.2, 0.25) is 5.02 Å². The molecule has 0 radical (unpaired) electrons. The Labute approximate surface area is 207 Å². The molecule has 1 aromatic heterocycles. The number of amides is 1. The van der Waals surface area contributed by atoms with Crippen LogP contribution >= 0.6 is 11.6 Å². The predicted molar refractivity (Wildman–Crippen MR) is 134 cm³/mol. The maximum atomic E-state index is 13.8. The second-order valence-electron chi connectivity index (χ2n) is 8.53. The average Bonchev–Trinajstić information content (AvgIpc) is 3.37. The van der Waals surface area contributed by atoms with Crippen molar-refractivity contribution < 1.29 is 23.8 Å². The molecule has 1 aliphatic rings. The summed E-state index contributed by atoms with van der Waals surface area (Å²) in [4.78, 5) is 28.6. The maximum Gasteiger partial charge on any atom is 0.294 e. The fraction of sp³-hybridized carbons (Fsp3) is 0.143. The maximum absolute atomic E-state index is 13.8. The van der Waals surface area contributed by atoms with E-state index in [1.54, 1.807) is 55.6 Å². The number of furan rings is 1. The van der Waals surface area contributed by atoms with Crippen molar-refractivity contribution in [2.24, 2.45) is 0 Å². The molecule has 1 atom stereocenters. The Morgan fingerprint density at radius 1 is 1.06 bits per heavy atom. The van der Waals surface area contributed by atoms with E-state index in [2.05, 4.69) is 0 Å². The molecule has 0 aliphatic carbocycles. The number of rotatable bonds is 5. The van der Waals surface area contributed by atoms with Crippen molar-refractivity contribution in [3.8, 4) is 5.75 Å². The molecular formula is C28H22ClNO5. The molecule has 1 amide bonds. The van der Waals surface area contributed by atoms with Crippen LogP contribution in [0.4, 0.5) is 5.69 Å². The second-order valence-corrected chi connectivity index (χ2v) is 8.96. The van der Waals surface area contributed by atoms with Crippen LogP contribution in [0, 0.1) is 13.8 Å². The van der Waals surface area contributed by atoms with Gasteiger partial charge >= 0.3 is 0 Å². The molecule has 0 fully saturated rings. The molecule has 3 aromatic carbocycles. The number of aryl methyl sites for hydroxylation is 2. The van der Waals surface area contributed by atoms with Gasteiger partial charge in [-0.2, -0.15) is 0 Å². The molecule has 0 saturated carbocycles. The van der Waals surface area contributed by atoms with Crippen LogP contribution in [0.5, 0.6) is 5.75 Å². The molecule has 5 rings (SSSR count). The normalized spacial score (nSPS) is 15.8. The summed E-state index contributed by atoms with van der Waals surface area (Å²) >= 11 is 6.08. The van der Waals surface area contributed by atoms with Crippen molar-refractivity contribution in [3.63, 3.8) is 0 Å². The Hall–Kier alpha value is -4.03. The summed E-state index contributed by atoms with van der Waals surface area (Å²) in [5.74, 6) is -1.28. The number of anilines is 1. The summed E-state index contributed by atoms with van der Waals surface area (Å²) < 4.78 is 11.2. The Balaban J connectivity index is 1.69. The fourth-order valence-corrected chi connectivity index (χ4v) is 4.73. The minimum Gasteiger partial charge on any atom is -0.503 e. The molecule has 0 saturated heterocycles. The van der Waals surface area contributed by atoms with Gasteiger partial charge < -0.3 is 14.3 Å². The third-order valence-corrected chi connectivity index (χ3v) is 6.41. The fourth-order valence-electron chi connectivity index (χ4n) is 4.55. The second kappa shape index (κ2) is 8.64. The first kappa shape index (κ1) is 22.7. The third-order valence-electron chi connectivity index (χ3n) is 6.18. The lowest BCUT2D eigenvalue weighted by Gasteiger charge is -2.28. The minimum atomic E-state index is -0.886. The van der Waals surface area contributed by atoms with E-state index in [4.69, 9.17) is 20.8 Å². The highest BCUT2D eigenvalue weighted by atomic mass is 35.5. The molecule has 1 N–H and O–H groups in total. The first-order chi connectivity index (χ1) is 16.8. The van der Waals surface area contributed by atoms with E-state index in [-0.39, 0.29) is 11.3 Å². The largest absolute Gasteiger partial charge is 0.503 e. The summed E-state index contributed by atoms with van der Waals surface area (Å²) in [5, 5.41) is 12.2. The van der Waals surface area contributed by atoms with Gasteiger partial charge in [0, 0.05) is 16.1 Å². The van der Waals surface area contributed by atoms with E-state index in [0.29, 0.717) is 33.0 Å². The topological polar surface area (TPSA) is 80.0 Å². The number of benzene rings is 3. The van der Waals surface area contributed by atoms with E-state index >= 15 is 0 Å². The smallest absolute Gasteiger partial charge is 0.294 e. The standard InChI is InChI=1S/C28H22ClNO5/c1-15-7-9-21(16(2)11-15)30-25(17-5-4-6-20(13-17)34-3)24(27(32)28(30)33)26(31)23-14-18-12-19(29)8-10-22(18)35-23/h4-14,25,32H,1-3H3. The van der Waals surface area contributed by atoms with Crippen molar-refractivity contribution in [1.29, 1.82) is 0 Å². The van der Waals surface area contributed by atoms with E-state index < -0.39 is 23.5 Å². The van der Waals surface area contributed by atoms with Gasteiger partial charge in [-0.3, -0.25) is 14.5 Å². The summed E-state index contributed by atoms with van der Waals surface area (Å²) in [7, 11) is 1.54. The van der Waals surface area contributed by atoms with Gasteiger partial charge in [0.15, 0.2) is 11.5 Å². The van der Waals surface area contributed by atoms with E-state index in [1.165, 1.54) is 4.90 Å². The van der Waals surface area contributed by atoms with E-state index in [0.717, 1.165) is 11.1 Å². The van der Waals surface area contributed by atoms with Gasteiger partial charge in [-0.15, -0.1) is 0 Å². The van der Waals surface area contributed by atoms with E-state index in [9.17, 15) is 14.7 Å². The summed E-state index contributed by atoms with van der Waals surface area (Å²) in [6, 6.07) is 18.5. The lowest BCUT2D eigenvalue weighted by molar-refractivity contribution is -0.117. The first-order valence-electron chi connectivity index (χ1n) is 11.0. The minimum absolute atomic E-state index is 0.00647. The zero-order valence-electron chi connectivity index (χ0n) is 19.3.